The van der Waals surface area contributed by atoms with Gasteiger partial charge in [0.25, 0.3) is 0 Å². The number of ether oxygens (including phenoxy) is 4. The lowest BCUT2D eigenvalue weighted by Gasteiger charge is -2.35. The molecule has 2 saturated heterocycles. The van der Waals surface area contributed by atoms with E-state index in [-0.39, 0.29) is 24.8 Å². The highest BCUT2D eigenvalue weighted by atomic mass is 16.7. The topological polar surface area (TPSA) is 36.9 Å². The maximum atomic E-state index is 6.33. The molecule has 0 spiro atoms. The summed E-state index contributed by atoms with van der Waals surface area (Å²) in [4.78, 5) is 0. The second-order valence-corrected chi connectivity index (χ2v) is 14.1. The summed E-state index contributed by atoms with van der Waals surface area (Å²) in [5.74, 6) is 0.985. The van der Waals surface area contributed by atoms with Crippen LogP contribution in [0.1, 0.15) is 135 Å². The monoisotopic (exact) mass is 640 g/mol. The third-order valence-corrected chi connectivity index (χ3v) is 10.5. The van der Waals surface area contributed by atoms with Crippen LogP contribution in [0.15, 0.2) is 72.8 Å². The Labute approximate surface area is 285 Å². The predicted octanol–water partition coefficient (Wildman–Crippen LogP) is 12.2. The molecule has 4 nitrogen and oxygen atoms in total. The van der Waals surface area contributed by atoms with Crippen molar-refractivity contribution in [2.45, 2.75) is 136 Å². The fourth-order valence-electron chi connectivity index (χ4n) is 7.09. The van der Waals surface area contributed by atoms with E-state index < -0.39 is 0 Å². The molecule has 47 heavy (non-hydrogen) atoms. The molecule has 4 heteroatoms. The van der Waals surface area contributed by atoms with Gasteiger partial charge in [-0.25, -0.2) is 0 Å². The van der Waals surface area contributed by atoms with Crippen molar-refractivity contribution in [2.24, 2.45) is 11.8 Å². The van der Waals surface area contributed by atoms with Crippen LogP contribution in [0, 0.1) is 11.8 Å². The SMILES string of the molecule is CCCCCCCC[C@@H]1CO[C@@H](c2ccc(-c3ccc(-c4ccc([C@@H]5OC[C@@H](CCCCCCC)C(C)O5)cc4)cc3)cc2)OC1C. The van der Waals surface area contributed by atoms with Crippen LogP contribution >= 0.6 is 0 Å². The summed E-state index contributed by atoms with van der Waals surface area (Å²) >= 11 is 0. The smallest absolute Gasteiger partial charge is 0.184 e. The van der Waals surface area contributed by atoms with Crippen LogP contribution in [0.2, 0.25) is 0 Å². The molecular weight excluding hydrogens is 580 g/mol. The van der Waals surface area contributed by atoms with E-state index in [1.807, 2.05) is 0 Å². The standard InChI is InChI=1S/C43H60O4/c1-5-7-9-11-13-15-17-41-31-45-43(47-33(41)4)39-28-24-37(25-29-39)35-20-18-34(19-21-35)36-22-26-38(27-23-36)42-44-30-40(32(3)46-42)16-14-12-10-8-6-2/h18-29,32-33,40-43H,5-17,30-31H2,1-4H3/t32?,33?,40-,41-,42-,43-/m1/s1. The lowest BCUT2D eigenvalue weighted by atomic mass is 9.95. The van der Waals surface area contributed by atoms with Crippen LogP contribution in [0.3, 0.4) is 0 Å². The zero-order valence-electron chi connectivity index (χ0n) is 29.6. The molecule has 0 aliphatic carbocycles. The van der Waals surface area contributed by atoms with E-state index in [0.717, 1.165) is 24.3 Å². The Balaban J connectivity index is 1.08. The Morgan fingerprint density at radius 3 is 1.11 bits per heavy atom. The molecule has 3 aromatic carbocycles. The van der Waals surface area contributed by atoms with Crippen molar-refractivity contribution in [3.05, 3.63) is 83.9 Å². The molecule has 0 radical (unpaired) electrons. The van der Waals surface area contributed by atoms with Crippen molar-refractivity contribution in [2.75, 3.05) is 13.2 Å². The summed E-state index contributed by atoms with van der Waals surface area (Å²) in [6, 6.07) is 26.2. The lowest BCUT2D eigenvalue weighted by molar-refractivity contribution is -0.237. The van der Waals surface area contributed by atoms with E-state index in [9.17, 15) is 0 Å². The molecular formula is C43H60O4. The maximum Gasteiger partial charge on any atom is 0.184 e. The summed E-state index contributed by atoms with van der Waals surface area (Å²) in [6.07, 6.45) is 16.8. The van der Waals surface area contributed by atoms with Crippen molar-refractivity contribution in [3.8, 4) is 22.3 Å². The number of hydrogen-bond acceptors (Lipinski definition) is 4. The van der Waals surface area contributed by atoms with Crippen molar-refractivity contribution in [1.82, 2.24) is 0 Å². The first-order valence-electron chi connectivity index (χ1n) is 18.9. The Kier molecular flexibility index (Phi) is 14.4. The molecule has 0 N–H and O–H groups in total. The van der Waals surface area contributed by atoms with E-state index in [0.29, 0.717) is 11.8 Å². The minimum absolute atomic E-state index is 0.221. The number of rotatable bonds is 17. The Morgan fingerprint density at radius 1 is 0.447 bits per heavy atom. The molecule has 0 aromatic heterocycles. The van der Waals surface area contributed by atoms with E-state index in [2.05, 4.69) is 100 Å². The third-order valence-electron chi connectivity index (χ3n) is 10.5. The average molecular weight is 641 g/mol. The number of benzene rings is 3. The quantitative estimate of drug-likeness (QED) is 0.138. The number of hydrogen-bond donors (Lipinski definition) is 0. The molecule has 2 fully saturated rings. The highest BCUT2D eigenvalue weighted by Gasteiger charge is 2.30. The molecule has 0 amide bonds. The van der Waals surface area contributed by atoms with Gasteiger partial charge < -0.3 is 18.9 Å². The normalized spacial score (nSPS) is 24.8. The van der Waals surface area contributed by atoms with Gasteiger partial charge in [-0.2, -0.15) is 0 Å². The van der Waals surface area contributed by atoms with Gasteiger partial charge in [0.2, 0.25) is 0 Å². The largest absolute Gasteiger partial charge is 0.348 e. The fraction of sp³-hybridized carbons (Fsp3) is 0.581. The minimum Gasteiger partial charge on any atom is -0.348 e. The van der Waals surface area contributed by atoms with Crippen LogP contribution in [0.25, 0.3) is 22.3 Å². The Hall–Kier alpha value is -2.50. The van der Waals surface area contributed by atoms with Gasteiger partial charge in [0, 0.05) is 23.0 Å². The first-order valence-corrected chi connectivity index (χ1v) is 18.9. The maximum absolute atomic E-state index is 6.33. The summed E-state index contributed by atoms with van der Waals surface area (Å²) in [5, 5.41) is 0. The van der Waals surface area contributed by atoms with Gasteiger partial charge in [0.15, 0.2) is 12.6 Å². The lowest BCUT2D eigenvalue weighted by Crippen LogP contribution is -2.34. The molecule has 5 rings (SSSR count). The van der Waals surface area contributed by atoms with Crippen molar-refractivity contribution >= 4 is 0 Å². The second kappa shape index (κ2) is 18.9. The van der Waals surface area contributed by atoms with Crippen LogP contribution in [-0.4, -0.2) is 25.4 Å². The Morgan fingerprint density at radius 2 is 0.766 bits per heavy atom. The van der Waals surface area contributed by atoms with E-state index in [4.69, 9.17) is 18.9 Å². The van der Waals surface area contributed by atoms with Gasteiger partial charge in [-0.15, -0.1) is 0 Å². The average Bonchev–Trinajstić information content (AvgIpc) is 3.11. The van der Waals surface area contributed by atoms with Gasteiger partial charge in [0.05, 0.1) is 25.4 Å². The van der Waals surface area contributed by atoms with Crippen LogP contribution < -0.4 is 0 Å². The molecule has 0 bridgehead atoms. The summed E-state index contributed by atoms with van der Waals surface area (Å²) in [7, 11) is 0. The summed E-state index contributed by atoms with van der Waals surface area (Å²) < 4.78 is 25.0. The molecule has 6 atom stereocenters. The Bertz CT molecular complexity index is 1280. The van der Waals surface area contributed by atoms with E-state index in [1.165, 1.54) is 106 Å². The minimum atomic E-state index is -0.278. The van der Waals surface area contributed by atoms with Crippen molar-refractivity contribution in [3.63, 3.8) is 0 Å². The van der Waals surface area contributed by atoms with Crippen molar-refractivity contribution < 1.29 is 18.9 Å². The highest BCUT2D eigenvalue weighted by molar-refractivity contribution is 5.70. The van der Waals surface area contributed by atoms with Crippen molar-refractivity contribution in [1.29, 1.82) is 0 Å². The van der Waals surface area contributed by atoms with Crippen LogP contribution in [0.5, 0.6) is 0 Å². The van der Waals surface area contributed by atoms with Gasteiger partial charge in [-0.1, -0.05) is 157 Å². The highest BCUT2D eigenvalue weighted by Crippen LogP contribution is 2.35. The molecule has 2 aliphatic rings. The third kappa shape index (κ3) is 10.5. The molecule has 2 unspecified atom stereocenters. The second-order valence-electron chi connectivity index (χ2n) is 14.1. The van der Waals surface area contributed by atoms with Gasteiger partial charge in [-0.05, 0) is 48.9 Å². The van der Waals surface area contributed by atoms with Gasteiger partial charge in [-0.3, -0.25) is 0 Å². The zero-order chi connectivity index (χ0) is 32.8. The first kappa shape index (κ1) is 35.8. The number of unbranched alkanes of at least 4 members (excludes halogenated alkanes) is 9. The predicted molar refractivity (Wildman–Crippen MR) is 194 cm³/mol. The van der Waals surface area contributed by atoms with Gasteiger partial charge in [0.1, 0.15) is 0 Å². The van der Waals surface area contributed by atoms with Crippen LogP contribution in [0.4, 0.5) is 0 Å². The summed E-state index contributed by atoms with van der Waals surface area (Å²) in [5.41, 5.74) is 6.97. The molecule has 2 aliphatic heterocycles. The van der Waals surface area contributed by atoms with E-state index in [1.54, 1.807) is 0 Å². The fourth-order valence-corrected chi connectivity index (χ4v) is 7.09. The van der Waals surface area contributed by atoms with Gasteiger partial charge >= 0.3 is 0 Å². The van der Waals surface area contributed by atoms with Crippen LogP contribution in [-0.2, 0) is 18.9 Å². The molecule has 256 valence electrons. The summed E-state index contributed by atoms with van der Waals surface area (Å²) in [6.45, 7) is 10.5. The molecule has 2 heterocycles. The molecule has 0 saturated carbocycles. The zero-order valence-corrected chi connectivity index (χ0v) is 29.6. The molecule has 3 aromatic rings. The first-order chi connectivity index (χ1) is 23.1. The van der Waals surface area contributed by atoms with E-state index >= 15 is 0 Å².